The van der Waals surface area contributed by atoms with Crippen LogP contribution in [0, 0.1) is 11.8 Å². The molecule has 3 fully saturated rings. The number of rotatable bonds is 3. The molecule has 0 aromatic heterocycles. The van der Waals surface area contributed by atoms with E-state index in [0.717, 1.165) is 25.7 Å². The number of anilines is 1. The molecule has 144 valence electrons. The van der Waals surface area contributed by atoms with Crippen LogP contribution in [0.1, 0.15) is 55.3 Å². The minimum absolute atomic E-state index is 0.0899. The third-order valence-electron chi connectivity index (χ3n) is 6.11. The van der Waals surface area contributed by atoms with E-state index in [1.165, 1.54) is 11.4 Å². The van der Waals surface area contributed by atoms with E-state index in [-0.39, 0.29) is 42.6 Å². The van der Waals surface area contributed by atoms with Crippen LogP contribution in [0.5, 0.6) is 0 Å². The van der Waals surface area contributed by atoms with Gasteiger partial charge in [-0.25, -0.2) is 5.01 Å². The average molecular weight is 370 g/mol. The predicted octanol–water partition coefficient (Wildman–Crippen LogP) is 1.48. The highest BCUT2D eigenvalue weighted by molar-refractivity contribution is 6.01. The van der Waals surface area contributed by atoms with E-state index in [0.29, 0.717) is 23.1 Å². The van der Waals surface area contributed by atoms with E-state index in [9.17, 15) is 14.4 Å². The van der Waals surface area contributed by atoms with Crippen LogP contribution in [0.4, 0.5) is 5.69 Å². The fourth-order valence-corrected chi connectivity index (χ4v) is 4.81. The first-order chi connectivity index (χ1) is 13.0. The highest BCUT2D eigenvalue weighted by Gasteiger charge is 2.40. The van der Waals surface area contributed by atoms with Crippen molar-refractivity contribution in [3.63, 3.8) is 0 Å². The first-order valence-electron chi connectivity index (χ1n) is 9.80. The third-order valence-corrected chi connectivity index (χ3v) is 6.11. The van der Waals surface area contributed by atoms with Gasteiger partial charge in [0.15, 0.2) is 0 Å². The van der Waals surface area contributed by atoms with Gasteiger partial charge in [-0.05, 0) is 61.8 Å². The van der Waals surface area contributed by atoms with Crippen LogP contribution in [0.2, 0.25) is 0 Å². The largest absolute Gasteiger partial charge is 0.349 e. The number of amides is 3. The molecule has 2 saturated carbocycles. The highest BCUT2D eigenvalue weighted by atomic mass is 16.2. The van der Waals surface area contributed by atoms with Crippen molar-refractivity contribution in [2.75, 3.05) is 5.01 Å². The molecule has 2 aliphatic carbocycles. The summed E-state index contributed by atoms with van der Waals surface area (Å²) < 4.78 is 0. The quantitative estimate of drug-likeness (QED) is 0.749. The maximum absolute atomic E-state index is 12.7. The van der Waals surface area contributed by atoms with Gasteiger partial charge in [0, 0.05) is 30.5 Å². The number of carbonyl (C=O) groups excluding carboxylic acids is 3. The van der Waals surface area contributed by atoms with Gasteiger partial charge >= 0.3 is 0 Å². The number of hydrazine groups is 1. The first kappa shape index (κ1) is 18.0. The lowest BCUT2D eigenvalue weighted by molar-refractivity contribution is -0.130. The van der Waals surface area contributed by atoms with Gasteiger partial charge in [0.2, 0.25) is 11.8 Å². The number of nitrogens with two attached hydrogens (primary N) is 1. The number of carbonyl (C=O) groups is 3. The molecule has 7 nitrogen and oxygen atoms in total. The molecule has 4 N–H and O–H groups in total. The maximum Gasteiger partial charge on any atom is 0.251 e. The van der Waals surface area contributed by atoms with Gasteiger partial charge in [0.1, 0.15) is 0 Å². The smallest absolute Gasteiger partial charge is 0.251 e. The predicted molar refractivity (Wildman–Crippen MR) is 101 cm³/mol. The Bertz CT molecular complexity index is 734. The fraction of sp³-hybridized carbons (Fsp3) is 0.550. The van der Waals surface area contributed by atoms with E-state index in [4.69, 9.17) is 5.73 Å². The lowest BCUT2D eigenvalue weighted by atomic mass is 9.67. The molecule has 1 aromatic carbocycles. The van der Waals surface area contributed by atoms with Crippen LogP contribution >= 0.6 is 0 Å². The zero-order valence-electron chi connectivity index (χ0n) is 15.3. The van der Waals surface area contributed by atoms with Crippen LogP contribution in [-0.2, 0) is 9.59 Å². The molecule has 0 radical (unpaired) electrons. The number of hydrogen-bond acceptors (Lipinski definition) is 4. The summed E-state index contributed by atoms with van der Waals surface area (Å²) in [4.78, 5) is 36.2. The van der Waals surface area contributed by atoms with Crippen LogP contribution < -0.4 is 21.5 Å². The second-order valence-corrected chi connectivity index (χ2v) is 7.99. The Morgan fingerprint density at radius 1 is 1.07 bits per heavy atom. The minimum Gasteiger partial charge on any atom is -0.349 e. The third kappa shape index (κ3) is 3.69. The van der Waals surface area contributed by atoms with Gasteiger partial charge < -0.3 is 11.1 Å². The molecule has 3 amide bonds. The standard InChI is InChI=1S/C20H26N4O3/c21-15-10-13-2-1-3-14(11-15)19(13)22-20(27)12-4-6-16(7-5-12)24-18(26)9-8-17(25)23-24/h4-7,13-15,19H,1-3,8-11,21H2,(H,22,27)(H,23,25). The summed E-state index contributed by atoms with van der Waals surface area (Å²) in [5.41, 5.74) is 9.84. The van der Waals surface area contributed by atoms with Crippen molar-refractivity contribution in [1.82, 2.24) is 10.7 Å². The molecule has 1 aromatic rings. The van der Waals surface area contributed by atoms with Crippen molar-refractivity contribution >= 4 is 23.4 Å². The Hall–Kier alpha value is -2.41. The summed E-state index contributed by atoms with van der Waals surface area (Å²) >= 11 is 0. The SMILES string of the molecule is NC1CC2CCCC(C1)C2NC(=O)c1ccc(N2NC(=O)CCC2=O)cc1. The summed E-state index contributed by atoms with van der Waals surface area (Å²) in [6, 6.07) is 7.23. The summed E-state index contributed by atoms with van der Waals surface area (Å²) in [6.45, 7) is 0. The monoisotopic (exact) mass is 370 g/mol. The number of nitrogens with one attached hydrogen (secondary N) is 2. The summed E-state index contributed by atoms with van der Waals surface area (Å²) in [5, 5.41) is 4.48. The average Bonchev–Trinajstić information content (AvgIpc) is 2.64. The summed E-state index contributed by atoms with van der Waals surface area (Å²) in [5.74, 6) is 0.512. The lowest BCUT2D eigenvalue weighted by Gasteiger charge is -2.45. The topological polar surface area (TPSA) is 105 Å². The van der Waals surface area contributed by atoms with Gasteiger partial charge in [0.25, 0.3) is 5.91 Å². The van der Waals surface area contributed by atoms with Crippen molar-refractivity contribution in [2.45, 2.75) is 57.0 Å². The fourth-order valence-electron chi connectivity index (χ4n) is 4.81. The molecule has 0 spiro atoms. The van der Waals surface area contributed by atoms with Gasteiger partial charge in [0.05, 0.1) is 5.69 Å². The van der Waals surface area contributed by atoms with Crippen molar-refractivity contribution < 1.29 is 14.4 Å². The first-order valence-corrected chi connectivity index (χ1v) is 9.80. The Morgan fingerprint density at radius 2 is 1.74 bits per heavy atom. The molecule has 2 atom stereocenters. The van der Waals surface area contributed by atoms with Gasteiger partial charge in [-0.1, -0.05) is 6.42 Å². The molecule has 2 bridgehead atoms. The van der Waals surface area contributed by atoms with Crippen molar-refractivity contribution in [3.05, 3.63) is 29.8 Å². The van der Waals surface area contributed by atoms with Crippen LogP contribution in [0.15, 0.2) is 24.3 Å². The van der Waals surface area contributed by atoms with Crippen molar-refractivity contribution in [1.29, 1.82) is 0 Å². The Balaban J connectivity index is 1.44. The van der Waals surface area contributed by atoms with Gasteiger partial charge in [-0.3, -0.25) is 19.8 Å². The molecular formula is C20H26N4O3. The van der Waals surface area contributed by atoms with E-state index in [1.54, 1.807) is 24.3 Å². The summed E-state index contributed by atoms with van der Waals surface area (Å²) in [7, 11) is 0. The molecule has 1 aliphatic heterocycles. The van der Waals surface area contributed by atoms with Gasteiger partial charge in [-0.15, -0.1) is 0 Å². The van der Waals surface area contributed by atoms with Crippen molar-refractivity contribution in [2.24, 2.45) is 17.6 Å². The molecular weight excluding hydrogens is 344 g/mol. The molecule has 7 heteroatoms. The number of benzene rings is 1. The molecule has 4 rings (SSSR count). The van der Waals surface area contributed by atoms with E-state index < -0.39 is 0 Å². The number of nitrogens with zero attached hydrogens (tertiary/aromatic N) is 1. The zero-order valence-corrected chi connectivity index (χ0v) is 15.3. The van der Waals surface area contributed by atoms with Crippen LogP contribution in [0.3, 0.4) is 0 Å². The Labute approximate surface area is 158 Å². The molecule has 3 aliphatic rings. The molecule has 1 saturated heterocycles. The zero-order chi connectivity index (χ0) is 19.0. The normalized spacial score (nSPS) is 30.6. The van der Waals surface area contributed by atoms with E-state index in [2.05, 4.69) is 10.7 Å². The maximum atomic E-state index is 12.7. The Morgan fingerprint density at radius 3 is 2.41 bits per heavy atom. The molecule has 2 unspecified atom stereocenters. The second kappa shape index (κ2) is 7.31. The minimum atomic E-state index is -0.182. The molecule has 27 heavy (non-hydrogen) atoms. The summed E-state index contributed by atoms with van der Waals surface area (Å²) in [6.07, 6.45) is 5.85. The lowest BCUT2D eigenvalue weighted by Crippen LogP contribution is -2.53. The van der Waals surface area contributed by atoms with E-state index in [1.807, 2.05) is 0 Å². The van der Waals surface area contributed by atoms with Crippen molar-refractivity contribution in [3.8, 4) is 0 Å². The second-order valence-electron chi connectivity index (χ2n) is 7.99. The van der Waals surface area contributed by atoms with Crippen LogP contribution in [0.25, 0.3) is 0 Å². The van der Waals surface area contributed by atoms with Gasteiger partial charge in [-0.2, -0.15) is 0 Å². The molecule has 1 heterocycles. The number of hydrogen-bond donors (Lipinski definition) is 3. The Kier molecular flexibility index (Phi) is 4.86. The van der Waals surface area contributed by atoms with E-state index >= 15 is 0 Å². The van der Waals surface area contributed by atoms with Crippen LogP contribution in [-0.4, -0.2) is 29.8 Å². The highest BCUT2D eigenvalue weighted by Crippen LogP contribution is 2.39. The number of fused-ring (bicyclic) bond motifs is 2.